The molecule has 0 aromatic carbocycles. The summed E-state index contributed by atoms with van der Waals surface area (Å²) < 4.78 is 62.4. The zero-order chi connectivity index (χ0) is 67.7. The Hall–Kier alpha value is -4.43. The first-order valence-corrected chi connectivity index (χ1v) is 37.6. The van der Waals surface area contributed by atoms with Crippen molar-refractivity contribution in [2.45, 2.75) is 118 Å². The normalized spacial score (nSPS) is 17.7. The van der Waals surface area contributed by atoms with Crippen LogP contribution in [-0.4, -0.2) is 311 Å². The first-order valence-electron chi connectivity index (χ1n) is 33.8. The van der Waals surface area contributed by atoms with Crippen molar-refractivity contribution < 1.29 is 95.0 Å². The number of carboxylic acids is 4. The number of carbonyl (C=O) groups is 4. The Balaban J connectivity index is 0.000000334. The summed E-state index contributed by atoms with van der Waals surface area (Å²) in [5.41, 5.74) is -1.53. The van der Waals surface area contributed by atoms with Gasteiger partial charge in [0.1, 0.15) is 24.7 Å². The Bertz CT molecular complexity index is 2330. The second-order valence-electron chi connectivity index (χ2n) is 23.0. The summed E-state index contributed by atoms with van der Waals surface area (Å²) in [5.74, 6) is -3.96. The van der Waals surface area contributed by atoms with E-state index in [4.69, 9.17) is 70.7 Å². The largest absolute Gasteiger partial charge is 0.501 e. The maximum Gasteiger partial charge on any atom is 0.501 e. The van der Waals surface area contributed by atoms with E-state index in [0.717, 1.165) is 142 Å². The highest BCUT2D eigenvalue weighted by molar-refractivity contribution is 6.62. The van der Waals surface area contributed by atoms with Gasteiger partial charge in [-0.3, -0.25) is 4.90 Å². The van der Waals surface area contributed by atoms with Gasteiger partial charge in [0.15, 0.2) is 22.8 Å². The average molecular weight is 1360 g/mol. The molecular formula is C63H112N8O20Si2. The van der Waals surface area contributed by atoms with Gasteiger partial charge >= 0.3 is 41.5 Å². The van der Waals surface area contributed by atoms with Gasteiger partial charge < -0.3 is 101 Å². The minimum atomic E-state index is -2.41. The van der Waals surface area contributed by atoms with E-state index in [9.17, 15) is 24.3 Å². The number of fused-ring (bicyclic) bond motifs is 2. The van der Waals surface area contributed by atoms with E-state index in [1.54, 1.807) is 0 Å². The van der Waals surface area contributed by atoms with Gasteiger partial charge in [0.25, 0.3) is 0 Å². The van der Waals surface area contributed by atoms with E-state index in [1.165, 1.54) is 62.8 Å². The molecule has 5 heterocycles. The van der Waals surface area contributed by atoms with Gasteiger partial charge in [-0.1, -0.05) is 73.6 Å². The second kappa shape index (κ2) is 46.7. The third-order valence-corrected chi connectivity index (χ3v) is 22.0. The molecule has 1 saturated carbocycles. The lowest BCUT2D eigenvalue weighted by Crippen LogP contribution is -2.42. The molecule has 2 aromatic rings. The van der Waals surface area contributed by atoms with E-state index >= 15 is 0 Å². The molecule has 0 radical (unpaired) electrons. The SMILES string of the molecule is CCN(CCOCCOc1cc(C(=O)O)nc(C(=O)O)c1)CCN(CC)CCN(CC)CC(O)COCCC[Si]12OCC(CO1)O2.CCNCCN(CC)CCN(CC)CCOCCOc1cc(C(=O)O)nc(C(=O)O)c1.CCO[Si]1(CCCCCC2CC2)OCCO1. The van der Waals surface area contributed by atoms with Crippen LogP contribution in [0.15, 0.2) is 24.3 Å². The molecular weight excluding hydrogens is 1240 g/mol. The van der Waals surface area contributed by atoms with E-state index in [1.807, 2.05) is 6.92 Å². The number of pyridine rings is 2. The number of nitrogens with one attached hydrogen (secondary N) is 1. The summed E-state index contributed by atoms with van der Waals surface area (Å²) in [6.07, 6.45) is 8.64. The predicted octanol–water partition coefficient (Wildman–Crippen LogP) is 5.10. The number of carboxylic acid groups (broad SMARTS) is 4. The fourth-order valence-corrected chi connectivity index (χ4v) is 15.7. The fourth-order valence-electron chi connectivity index (χ4n) is 10.4. The third kappa shape index (κ3) is 33.4. The lowest BCUT2D eigenvalue weighted by atomic mass is 10.1. The van der Waals surface area contributed by atoms with Crippen LogP contribution in [0.2, 0.25) is 12.1 Å². The third-order valence-electron chi connectivity index (χ3n) is 16.1. The molecule has 1 atom stereocenters. The molecule has 4 fully saturated rings. The highest BCUT2D eigenvalue weighted by Gasteiger charge is 2.54. The van der Waals surface area contributed by atoms with Crippen LogP contribution in [-0.2, 0) is 40.8 Å². The number of aliphatic hydroxyl groups is 1. The number of ether oxygens (including phenoxy) is 5. The number of hydrogen-bond donors (Lipinski definition) is 6. The molecule has 1 unspecified atom stereocenters. The van der Waals surface area contributed by atoms with Crippen LogP contribution in [0.3, 0.4) is 0 Å². The lowest BCUT2D eigenvalue weighted by Gasteiger charge is -2.29. The molecule has 0 amide bonds. The second-order valence-corrected chi connectivity index (χ2v) is 28.4. The number of aromatic nitrogens is 2. The Kier molecular flexibility index (Phi) is 40.7. The summed E-state index contributed by atoms with van der Waals surface area (Å²) in [7, 11) is -4.61. The standard InChI is InChI=1S/C30H52N4O11Si.C21H36N4O6.C12H24O3Si/c1-4-32(10-11-34(6-3)20-24(35)21-41-13-7-17-46-43-22-26(45-46)23-44-46)8-9-33(5-2)12-14-40-15-16-42-25-18-27(29(36)37)31-28(19-25)30(38)39;1-4-22-7-8-24(5-2)9-10-25(6-3)11-12-30-13-14-31-17-15-18(20(26)27)23-19(16-17)21(28)29;1-2-13-16(14-9-10-15-16)11-5-3-4-6-12-7-8-12/h18-19,24,26,35H,4-17,20-23H2,1-3H3,(H,36,37)(H,38,39);15-16,22H,4-14H2,1-3H3,(H,26,27)(H,28,29);12H,2-11H2,1H3. The number of hydrogen-bond acceptors (Lipinski definition) is 24. The molecule has 28 nitrogen and oxygen atoms in total. The van der Waals surface area contributed by atoms with Gasteiger partial charge in [0.2, 0.25) is 0 Å². The predicted molar refractivity (Wildman–Crippen MR) is 352 cm³/mol. The van der Waals surface area contributed by atoms with Gasteiger partial charge in [-0.2, -0.15) is 0 Å². The van der Waals surface area contributed by atoms with Crippen LogP contribution in [0.5, 0.6) is 11.5 Å². The molecule has 532 valence electrons. The summed E-state index contributed by atoms with van der Waals surface area (Å²) >= 11 is 0. The van der Waals surface area contributed by atoms with Crippen LogP contribution < -0.4 is 14.8 Å². The number of rotatable bonds is 52. The van der Waals surface area contributed by atoms with Crippen molar-refractivity contribution in [2.24, 2.45) is 5.92 Å². The summed E-state index contributed by atoms with van der Waals surface area (Å²) in [5, 5.41) is 50.2. The molecule has 2 bridgehead atoms. The molecule has 0 spiro atoms. The van der Waals surface area contributed by atoms with E-state index in [0.29, 0.717) is 59.4 Å². The molecule has 6 N–H and O–H groups in total. The van der Waals surface area contributed by atoms with Gasteiger partial charge in [-0.25, -0.2) is 29.1 Å². The topological polar surface area (TPSA) is 325 Å². The van der Waals surface area contributed by atoms with E-state index in [-0.39, 0.29) is 48.8 Å². The molecule has 3 aliphatic heterocycles. The smallest absolute Gasteiger partial charge is 0.491 e. The number of unbranched alkanes of at least 4 members (excludes halogenated alkanes) is 2. The molecule has 93 heavy (non-hydrogen) atoms. The Morgan fingerprint density at radius 1 is 0.548 bits per heavy atom. The molecule has 1 aliphatic carbocycles. The number of aliphatic hydroxyl groups excluding tert-OH is 1. The monoisotopic (exact) mass is 1360 g/mol. The highest BCUT2D eigenvalue weighted by atomic mass is 28.4. The van der Waals surface area contributed by atoms with Crippen molar-refractivity contribution in [2.75, 3.05) is 197 Å². The van der Waals surface area contributed by atoms with E-state index < -0.39 is 59.0 Å². The van der Waals surface area contributed by atoms with E-state index in [2.05, 4.69) is 81.3 Å². The summed E-state index contributed by atoms with van der Waals surface area (Å²) in [6, 6.07) is 6.55. The maximum absolute atomic E-state index is 11.2. The Morgan fingerprint density at radius 3 is 1.43 bits per heavy atom. The van der Waals surface area contributed by atoms with Crippen molar-refractivity contribution in [3.05, 3.63) is 47.0 Å². The minimum Gasteiger partial charge on any atom is -0.491 e. The van der Waals surface area contributed by atoms with Gasteiger partial charge in [0.05, 0.1) is 71.7 Å². The molecule has 4 aliphatic rings. The fraction of sp³-hybridized carbons (Fsp3) is 0.778. The van der Waals surface area contributed by atoms with Crippen molar-refractivity contribution in [3.8, 4) is 11.5 Å². The first kappa shape index (κ1) is 81.0. The van der Waals surface area contributed by atoms with Crippen molar-refractivity contribution in [1.82, 2.24) is 39.8 Å². The molecule has 2 aromatic heterocycles. The van der Waals surface area contributed by atoms with Crippen LogP contribution in [0.25, 0.3) is 0 Å². The highest BCUT2D eigenvalue weighted by Crippen LogP contribution is 2.35. The van der Waals surface area contributed by atoms with Crippen molar-refractivity contribution >= 4 is 41.5 Å². The summed E-state index contributed by atoms with van der Waals surface area (Å²) in [4.78, 5) is 63.4. The first-order chi connectivity index (χ1) is 44.9. The van der Waals surface area contributed by atoms with Crippen LogP contribution in [0.4, 0.5) is 0 Å². The molecule has 3 saturated heterocycles. The van der Waals surface area contributed by atoms with Crippen molar-refractivity contribution in [1.29, 1.82) is 0 Å². The zero-order valence-corrected chi connectivity index (χ0v) is 58.6. The Labute approximate surface area is 553 Å². The maximum atomic E-state index is 11.2. The number of aromatic carboxylic acids is 4. The van der Waals surface area contributed by atoms with Crippen LogP contribution in [0, 0.1) is 5.92 Å². The van der Waals surface area contributed by atoms with Crippen LogP contribution >= 0.6 is 0 Å². The number of likely N-dealkylation sites (N-methyl/N-ethyl adjacent to an activating group) is 6. The quantitative estimate of drug-likeness (QED) is 0.0371. The average Bonchev–Trinajstić information content (AvgIpc) is 1.68. The van der Waals surface area contributed by atoms with Crippen LogP contribution in [0.1, 0.15) is 135 Å². The van der Waals surface area contributed by atoms with Crippen molar-refractivity contribution in [3.63, 3.8) is 0 Å². The van der Waals surface area contributed by atoms with Gasteiger partial charge in [-0.05, 0) is 65.0 Å². The minimum absolute atomic E-state index is 0.111. The molecule has 30 heteroatoms. The molecule has 6 rings (SSSR count). The van der Waals surface area contributed by atoms with Gasteiger partial charge in [-0.15, -0.1) is 0 Å². The summed E-state index contributed by atoms with van der Waals surface area (Å²) in [6.45, 7) is 36.4. The Morgan fingerprint density at radius 2 is 1.01 bits per heavy atom. The lowest BCUT2D eigenvalue weighted by molar-refractivity contribution is 0.0154. The number of nitrogens with zero attached hydrogens (tertiary/aromatic N) is 7. The van der Waals surface area contributed by atoms with Gasteiger partial charge in [0, 0.05) is 122 Å². The zero-order valence-electron chi connectivity index (χ0n) is 56.6.